The summed E-state index contributed by atoms with van der Waals surface area (Å²) < 4.78 is 6.63. The average Bonchev–Trinajstić information content (AvgIpc) is 2.70. The van der Waals surface area contributed by atoms with Gasteiger partial charge >= 0.3 is 0 Å². The molecule has 0 aromatic heterocycles. The Kier molecular flexibility index (Phi) is 6.39. The maximum absolute atomic E-state index is 12.7. The Bertz CT molecular complexity index is 889. The number of hydrogen-bond donors (Lipinski definition) is 0. The standard InChI is InChI=1S/C22H25BrN2O3/c1-15-8-9-16(2)21(17(15)3)28-14-20(26)24-10-12-25(13-11-24)22(27)18-6-4-5-7-19(18)23/h4-9H,10-14H2,1-3H3. The van der Waals surface area contributed by atoms with Crippen molar-refractivity contribution in [3.63, 3.8) is 0 Å². The average molecular weight is 445 g/mol. The molecule has 28 heavy (non-hydrogen) atoms. The highest BCUT2D eigenvalue weighted by atomic mass is 79.9. The third-order valence-corrected chi connectivity index (χ3v) is 5.93. The molecule has 2 aromatic rings. The third-order valence-electron chi connectivity index (χ3n) is 5.24. The van der Waals surface area contributed by atoms with Gasteiger partial charge in [-0.05, 0) is 65.5 Å². The molecular formula is C22H25BrN2O3. The van der Waals surface area contributed by atoms with Gasteiger partial charge < -0.3 is 14.5 Å². The van der Waals surface area contributed by atoms with Gasteiger partial charge in [0, 0.05) is 30.7 Å². The molecule has 0 saturated carbocycles. The van der Waals surface area contributed by atoms with Crippen molar-refractivity contribution >= 4 is 27.7 Å². The van der Waals surface area contributed by atoms with Gasteiger partial charge in [0.15, 0.2) is 6.61 Å². The summed E-state index contributed by atoms with van der Waals surface area (Å²) >= 11 is 3.43. The summed E-state index contributed by atoms with van der Waals surface area (Å²) in [4.78, 5) is 28.8. The van der Waals surface area contributed by atoms with E-state index >= 15 is 0 Å². The van der Waals surface area contributed by atoms with Gasteiger partial charge in [0.1, 0.15) is 5.75 Å². The number of aryl methyl sites for hydroxylation is 2. The van der Waals surface area contributed by atoms with Gasteiger partial charge in [-0.1, -0.05) is 24.3 Å². The Labute approximate surface area is 174 Å². The van der Waals surface area contributed by atoms with E-state index in [2.05, 4.69) is 22.0 Å². The monoisotopic (exact) mass is 444 g/mol. The predicted molar refractivity (Wildman–Crippen MR) is 113 cm³/mol. The van der Waals surface area contributed by atoms with Gasteiger partial charge in [0.2, 0.25) is 0 Å². The van der Waals surface area contributed by atoms with Gasteiger partial charge in [-0.25, -0.2) is 0 Å². The maximum atomic E-state index is 12.7. The van der Waals surface area contributed by atoms with Crippen LogP contribution in [0.4, 0.5) is 0 Å². The molecule has 2 amide bonds. The summed E-state index contributed by atoms with van der Waals surface area (Å²) in [5.74, 6) is 0.728. The van der Waals surface area contributed by atoms with Crippen LogP contribution in [-0.2, 0) is 4.79 Å². The molecule has 0 N–H and O–H groups in total. The summed E-state index contributed by atoms with van der Waals surface area (Å²) in [6.45, 7) is 8.12. The SMILES string of the molecule is Cc1ccc(C)c(OCC(=O)N2CCN(C(=O)c3ccccc3Br)CC2)c1C. The van der Waals surface area contributed by atoms with Crippen molar-refractivity contribution in [3.8, 4) is 5.75 Å². The van der Waals surface area contributed by atoms with E-state index in [1.54, 1.807) is 9.80 Å². The molecule has 6 heteroatoms. The number of rotatable bonds is 4. The molecule has 0 aliphatic carbocycles. The minimum absolute atomic E-state index is 0.0122. The Morgan fingerprint density at radius 2 is 1.54 bits per heavy atom. The lowest BCUT2D eigenvalue weighted by atomic mass is 10.1. The first kappa shape index (κ1) is 20.4. The molecule has 3 rings (SSSR count). The Hall–Kier alpha value is -2.34. The lowest BCUT2D eigenvalue weighted by molar-refractivity contribution is -0.134. The molecule has 1 aliphatic heterocycles. The number of carbonyl (C=O) groups excluding carboxylic acids is 2. The van der Waals surface area contributed by atoms with Crippen molar-refractivity contribution in [2.24, 2.45) is 0 Å². The fourth-order valence-electron chi connectivity index (χ4n) is 3.34. The molecule has 148 valence electrons. The molecule has 0 bridgehead atoms. The van der Waals surface area contributed by atoms with Gasteiger partial charge in [0.05, 0.1) is 5.56 Å². The Morgan fingerprint density at radius 3 is 2.21 bits per heavy atom. The smallest absolute Gasteiger partial charge is 0.260 e. The molecule has 1 fully saturated rings. The zero-order valence-electron chi connectivity index (χ0n) is 16.5. The van der Waals surface area contributed by atoms with Crippen LogP contribution >= 0.6 is 15.9 Å². The molecule has 0 spiro atoms. The molecule has 2 aromatic carbocycles. The molecule has 1 heterocycles. The van der Waals surface area contributed by atoms with E-state index in [4.69, 9.17) is 4.74 Å². The summed E-state index contributed by atoms with van der Waals surface area (Å²) in [6.07, 6.45) is 0. The lowest BCUT2D eigenvalue weighted by Gasteiger charge is -2.35. The first-order valence-electron chi connectivity index (χ1n) is 9.39. The fourth-order valence-corrected chi connectivity index (χ4v) is 3.79. The first-order chi connectivity index (χ1) is 13.4. The van der Waals surface area contributed by atoms with E-state index in [1.165, 1.54) is 0 Å². The van der Waals surface area contributed by atoms with Gasteiger partial charge in [-0.3, -0.25) is 9.59 Å². The quantitative estimate of drug-likeness (QED) is 0.721. The Morgan fingerprint density at radius 1 is 0.929 bits per heavy atom. The van der Waals surface area contributed by atoms with E-state index in [1.807, 2.05) is 51.1 Å². The second kappa shape index (κ2) is 8.78. The van der Waals surface area contributed by atoms with Crippen LogP contribution in [0.2, 0.25) is 0 Å². The molecular weight excluding hydrogens is 420 g/mol. The number of halogens is 1. The summed E-state index contributed by atoms with van der Waals surface area (Å²) in [7, 11) is 0. The van der Waals surface area contributed by atoms with E-state index in [0.717, 1.165) is 26.9 Å². The maximum Gasteiger partial charge on any atom is 0.260 e. The number of hydrogen-bond acceptors (Lipinski definition) is 3. The van der Waals surface area contributed by atoms with Crippen molar-refractivity contribution in [1.82, 2.24) is 9.80 Å². The minimum atomic E-state index is -0.0479. The van der Waals surface area contributed by atoms with Crippen LogP contribution < -0.4 is 4.74 Å². The molecule has 0 atom stereocenters. The summed E-state index contributed by atoms with van der Waals surface area (Å²) in [5, 5.41) is 0. The van der Waals surface area contributed by atoms with Crippen LogP contribution in [0.3, 0.4) is 0 Å². The van der Waals surface area contributed by atoms with Crippen LogP contribution in [0.1, 0.15) is 27.0 Å². The number of amides is 2. The number of carbonyl (C=O) groups is 2. The van der Waals surface area contributed by atoms with Crippen LogP contribution in [-0.4, -0.2) is 54.4 Å². The van der Waals surface area contributed by atoms with Gasteiger partial charge in [-0.2, -0.15) is 0 Å². The molecule has 1 aliphatic rings. The minimum Gasteiger partial charge on any atom is -0.483 e. The highest BCUT2D eigenvalue weighted by Gasteiger charge is 2.26. The van der Waals surface area contributed by atoms with Crippen LogP contribution in [0.5, 0.6) is 5.75 Å². The topological polar surface area (TPSA) is 49.9 Å². The van der Waals surface area contributed by atoms with E-state index in [0.29, 0.717) is 31.7 Å². The van der Waals surface area contributed by atoms with Crippen molar-refractivity contribution in [1.29, 1.82) is 0 Å². The third kappa shape index (κ3) is 4.38. The second-order valence-corrected chi connectivity index (χ2v) is 7.95. The lowest BCUT2D eigenvalue weighted by Crippen LogP contribution is -2.51. The molecule has 0 radical (unpaired) electrons. The molecule has 5 nitrogen and oxygen atoms in total. The van der Waals surface area contributed by atoms with Crippen molar-refractivity contribution in [2.45, 2.75) is 20.8 Å². The van der Waals surface area contributed by atoms with Gasteiger partial charge in [0.25, 0.3) is 11.8 Å². The normalized spacial score (nSPS) is 14.1. The number of benzene rings is 2. The van der Waals surface area contributed by atoms with E-state index in [9.17, 15) is 9.59 Å². The summed E-state index contributed by atoms with van der Waals surface area (Å²) in [6, 6.07) is 11.5. The highest BCUT2D eigenvalue weighted by Crippen LogP contribution is 2.25. The first-order valence-corrected chi connectivity index (χ1v) is 10.2. The van der Waals surface area contributed by atoms with Crippen molar-refractivity contribution < 1.29 is 14.3 Å². The van der Waals surface area contributed by atoms with Crippen LogP contribution in [0.15, 0.2) is 40.9 Å². The van der Waals surface area contributed by atoms with Crippen molar-refractivity contribution in [2.75, 3.05) is 32.8 Å². The van der Waals surface area contributed by atoms with Gasteiger partial charge in [-0.15, -0.1) is 0 Å². The molecule has 1 saturated heterocycles. The largest absolute Gasteiger partial charge is 0.483 e. The highest BCUT2D eigenvalue weighted by molar-refractivity contribution is 9.10. The van der Waals surface area contributed by atoms with Crippen LogP contribution in [0.25, 0.3) is 0 Å². The van der Waals surface area contributed by atoms with E-state index < -0.39 is 0 Å². The fraction of sp³-hybridized carbons (Fsp3) is 0.364. The summed E-state index contributed by atoms with van der Waals surface area (Å²) in [5.41, 5.74) is 3.89. The predicted octanol–water partition coefficient (Wildman–Crippen LogP) is 3.74. The Balaban J connectivity index is 1.55. The number of piperazine rings is 1. The second-order valence-electron chi connectivity index (χ2n) is 7.09. The zero-order valence-corrected chi connectivity index (χ0v) is 18.1. The van der Waals surface area contributed by atoms with Crippen molar-refractivity contribution in [3.05, 3.63) is 63.1 Å². The number of nitrogens with zero attached hydrogens (tertiary/aromatic N) is 2. The zero-order chi connectivity index (χ0) is 20.3. The van der Waals surface area contributed by atoms with E-state index in [-0.39, 0.29) is 18.4 Å². The van der Waals surface area contributed by atoms with Crippen LogP contribution in [0, 0.1) is 20.8 Å². The number of ether oxygens (including phenoxy) is 1. The molecule has 0 unspecified atom stereocenters.